The zero-order valence-corrected chi connectivity index (χ0v) is 15.7. The van der Waals surface area contributed by atoms with E-state index < -0.39 is 0 Å². The number of allylic oxidation sites excluding steroid dienone is 1. The number of halogens is 1. The summed E-state index contributed by atoms with van der Waals surface area (Å²) in [5, 5.41) is 7.01. The van der Waals surface area contributed by atoms with Crippen LogP contribution >= 0.6 is 0 Å². The fourth-order valence-corrected chi connectivity index (χ4v) is 2.68. The number of hydrogen-bond donors (Lipinski definition) is 1. The highest BCUT2D eigenvalue weighted by Gasteiger charge is 2.15. The molecule has 1 heterocycles. The molecule has 2 aromatic carbocycles. The summed E-state index contributed by atoms with van der Waals surface area (Å²) >= 11 is 0. The van der Waals surface area contributed by atoms with Crippen LogP contribution in [-0.2, 0) is 0 Å². The number of methoxy groups -OCH3 is 3. The van der Waals surface area contributed by atoms with Gasteiger partial charge in [-0.15, -0.1) is 0 Å². The normalized spacial score (nSPS) is 10.9. The van der Waals surface area contributed by atoms with Crippen LogP contribution in [0.15, 0.2) is 48.5 Å². The maximum absolute atomic E-state index is 13.0. The van der Waals surface area contributed by atoms with Crippen molar-refractivity contribution in [1.29, 1.82) is 0 Å². The molecule has 0 radical (unpaired) electrons. The predicted octanol–water partition coefficient (Wildman–Crippen LogP) is 4.14. The van der Waals surface area contributed by atoms with Gasteiger partial charge in [-0.25, -0.2) is 4.39 Å². The van der Waals surface area contributed by atoms with Gasteiger partial charge in [0.1, 0.15) is 5.82 Å². The molecule has 0 saturated heterocycles. The fraction of sp³-hybridized carbons (Fsp3) is 0.143. The third kappa shape index (κ3) is 4.03. The van der Waals surface area contributed by atoms with E-state index in [4.69, 9.17) is 14.2 Å². The zero-order valence-electron chi connectivity index (χ0n) is 15.7. The molecule has 0 amide bonds. The molecule has 0 spiro atoms. The summed E-state index contributed by atoms with van der Waals surface area (Å²) in [6.45, 7) is 0. The number of ketones is 1. The van der Waals surface area contributed by atoms with Crippen LogP contribution in [0.3, 0.4) is 0 Å². The molecule has 0 saturated carbocycles. The fourth-order valence-electron chi connectivity index (χ4n) is 2.68. The smallest absolute Gasteiger partial charge is 0.203 e. The first kappa shape index (κ1) is 19.2. The maximum Gasteiger partial charge on any atom is 0.203 e. The second-order valence-electron chi connectivity index (χ2n) is 5.83. The number of rotatable bonds is 7. The molecule has 0 fully saturated rings. The summed E-state index contributed by atoms with van der Waals surface area (Å²) < 4.78 is 28.8. The molecule has 1 aromatic heterocycles. The van der Waals surface area contributed by atoms with Crippen LogP contribution < -0.4 is 14.2 Å². The van der Waals surface area contributed by atoms with Crippen LogP contribution in [0.2, 0.25) is 0 Å². The van der Waals surface area contributed by atoms with Crippen LogP contribution in [-0.4, -0.2) is 37.3 Å². The number of hydrogen-bond acceptors (Lipinski definition) is 5. The van der Waals surface area contributed by atoms with Gasteiger partial charge in [0.25, 0.3) is 0 Å². The number of aromatic amines is 1. The Hall–Kier alpha value is -3.61. The minimum atomic E-state index is -0.310. The van der Waals surface area contributed by atoms with Gasteiger partial charge in [-0.1, -0.05) is 0 Å². The van der Waals surface area contributed by atoms with E-state index >= 15 is 0 Å². The van der Waals surface area contributed by atoms with E-state index in [2.05, 4.69) is 10.2 Å². The van der Waals surface area contributed by atoms with E-state index in [1.807, 2.05) is 0 Å². The number of ether oxygens (including phenoxy) is 3. The van der Waals surface area contributed by atoms with Gasteiger partial charge in [0, 0.05) is 11.1 Å². The second-order valence-corrected chi connectivity index (χ2v) is 5.83. The van der Waals surface area contributed by atoms with Gasteiger partial charge in [0.15, 0.2) is 17.3 Å². The quantitative estimate of drug-likeness (QED) is 0.491. The summed E-state index contributed by atoms with van der Waals surface area (Å²) in [6.07, 6.45) is 3.04. The van der Waals surface area contributed by atoms with E-state index in [0.717, 1.165) is 5.56 Å². The molecule has 144 valence electrons. The molecule has 0 aliphatic carbocycles. The van der Waals surface area contributed by atoms with E-state index in [1.165, 1.54) is 39.5 Å². The van der Waals surface area contributed by atoms with Crippen molar-refractivity contribution in [2.45, 2.75) is 0 Å². The Morgan fingerprint density at radius 1 is 1.00 bits per heavy atom. The summed E-state index contributed by atoms with van der Waals surface area (Å²) in [5.74, 6) is 0.674. The number of carbonyl (C=O) groups is 1. The van der Waals surface area contributed by atoms with Crippen molar-refractivity contribution in [3.05, 3.63) is 65.6 Å². The minimum Gasteiger partial charge on any atom is -0.493 e. The standard InChI is InChI=1S/C21H19FN2O4/c1-26-19-10-14(11-20(27-2)21(19)28-3)18(25)9-8-16-12-17(24-23-16)13-4-6-15(22)7-5-13/h4-12H,1-3H3,(H,23,24)/b9-8+. The molecule has 0 unspecified atom stereocenters. The average Bonchev–Trinajstić information content (AvgIpc) is 3.20. The highest BCUT2D eigenvalue weighted by molar-refractivity contribution is 6.07. The van der Waals surface area contributed by atoms with Crippen molar-refractivity contribution in [1.82, 2.24) is 10.2 Å². The number of nitrogens with one attached hydrogen (secondary N) is 1. The molecular weight excluding hydrogens is 363 g/mol. The Morgan fingerprint density at radius 2 is 1.64 bits per heavy atom. The molecule has 0 bridgehead atoms. The first-order valence-corrected chi connectivity index (χ1v) is 8.39. The Kier molecular flexibility index (Phi) is 5.74. The molecule has 0 atom stereocenters. The lowest BCUT2D eigenvalue weighted by molar-refractivity contribution is 0.104. The first-order valence-electron chi connectivity index (χ1n) is 8.39. The minimum absolute atomic E-state index is 0.239. The van der Waals surface area contributed by atoms with Crippen LogP contribution in [0, 0.1) is 5.82 Å². The third-order valence-electron chi connectivity index (χ3n) is 4.10. The highest BCUT2D eigenvalue weighted by Crippen LogP contribution is 2.38. The molecule has 6 nitrogen and oxygen atoms in total. The molecule has 0 aliphatic heterocycles. The van der Waals surface area contributed by atoms with E-state index in [-0.39, 0.29) is 11.6 Å². The van der Waals surface area contributed by atoms with Crippen molar-refractivity contribution in [3.8, 4) is 28.5 Å². The van der Waals surface area contributed by atoms with Crippen molar-refractivity contribution in [2.24, 2.45) is 0 Å². The zero-order chi connectivity index (χ0) is 20.1. The van der Waals surface area contributed by atoms with Crippen molar-refractivity contribution < 1.29 is 23.4 Å². The molecule has 0 aliphatic rings. The van der Waals surface area contributed by atoms with Crippen LogP contribution in [0.4, 0.5) is 4.39 Å². The number of aromatic nitrogens is 2. The lowest BCUT2D eigenvalue weighted by atomic mass is 10.1. The van der Waals surface area contributed by atoms with E-state index in [1.54, 1.807) is 36.4 Å². The SMILES string of the molecule is COc1cc(C(=O)/C=C/c2cc(-c3ccc(F)cc3)n[nH]2)cc(OC)c1OC. The van der Waals surface area contributed by atoms with Gasteiger partial charge >= 0.3 is 0 Å². The Bertz CT molecular complexity index is 984. The van der Waals surface area contributed by atoms with Gasteiger partial charge in [-0.05, 0) is 54.6 Å². The van der Waals surface area contributed by atoms with Crippen molar-refractivity contribution >= 4 is 11.9 Å². The summed E-state index contributed by atoms with van der Waals surface area (Å²) in [5.41, 5.74) is 2.46. The van der Waals surface area contributed by atoms with Crippen LogP contribution in [0.1, 0.15) is 16.1 Å². The van der Waals surface area contributed by atoms with Gasteiger partial charge in [-0.2, -0.15) is 5.10 Å². The monoisotopic (exact) mass is 382 g/mol. The number of H-pyrrole nitrogens is 1. The van der Waals surface area contributed by atoms with Crippen LogP contribution in [0.5, 0.6) is 17.2 Å². The lowest BCUT2D eigenvalue weighted by Crippen LogP contribution is -2.00. The molecule has 1 N–H and O–H groups in total. The molecule has 28 heavy (non-hydrogen) atoms. The summed E-state index contributed by atoms with van der Waals surface area (Å²) in [7, 11) is 4.48. The largest absolute Gasteiger partial charge is 0.493 e. The molecular formula is C21H19FN2O4. The van der Waals surface area contributed by atoms with Crippen molar-refractivity contribution in [3.63, 3.8) is 0 Å². The molecule has 7 heteroatoms. The van der Waals surface area contributed by atoms with Gasteiger partial charge in [0.2, 0.25) is 5.75 Å². The molecule has 3 aromatic rings. The number of benzene rings is 2. The van der Waals surface area contributed by atoms with Gasteiger partial charge in [-0.3, -0.25) is 9.89 Å². The Labute approximate surface area is 161 Å². The highest BCUT2D eigenvalue weighted by atomic mass is 19.1. The lowest BCUT2D eigenvalue weighted by Gasteiger charge is -2.13. The topological polar surface area (TPSA) is 73.4 Å². The number of carbonyl (C=O) groups excluding carboxylic acids is 1. The molecule has 3 rings (SSSR count). The summed E-state index contributed by atoms with van der Waals surface area (Å²) in [4.78, 5) is 12.6. The van der Waals surface area contributed by atoms with Gasteiger partial charge < -0.3 is 14.2 Å². The predicted molar refractivity (Wildman–Crippen MR) is 103 cm³/mol. The first-order chi connectivity index (χ1) is 13.5. The van der Waals surface area contributed by atoms with Crippen molar-refractivity contribution in [2.75, 3.05) is 21.3 Å². The summed E-state index contributed by atoms with van der Waals surface area (Å²) in [6, 6.07) is 11.0. The average molecular weight is 382 g/mol. The Morgan fingerprint density at radius 3 is 2.21 bits per heavy atom. The van der Waals surface area contributed by atoms with Gasteiger partial charge in [0.05, 0.1) is 32.7 Å². The van der Waals surface area contributed by atoms with E-state index in [0.29, 0.717) is 34.2 Å². The van der Waals surface area contributed by atoms with E-state index in [9.17, 15) is 9.18 Å². The second kappa shape index (κ2) is 8.39. The Balaban J connectivity index is 1.81. The third-order valence-corrected chi connectivity index (χ3v) is 4.10. The maximum atomic E-state index is 13.0. The van der Waals surface area contributed by atoms with Crippen LogP contribution in [0.25, 0.3) is 17.3 Å². The number of nitrogens with zero attached hydrogens (tertiary/aromatic N) is 1.